The highest BCUT2D eigenvalue weighted by Crippen LogP contribution is 2.27. The molecule has 1 fully saturated rings. The summed E-state index contributed by atoms with van der Waals surface area (Å²) in [6, 6.07) is 10.4. The molecule has 1 aromatic carbocycles. The number of piperazine rings is 1. The van der Waals surface area contributed by atoms with Crippen molar-refractivity contribution in [2.45, 2.75) is 12.8 Å². The Labute approximate surface area is 154 Å². The van der Waals surface area contributed by atoms with Crippen LogP contribution in [-0.2, 0) is 24.7 Å². The Hall–Kier alpha value is -2.18. The van der Waals surface area contributed by atoms with Crippen LogP contribution in [0.4, 0.5) is 0 Å². The van der Waals surface area contributed by atoms with Crippen molar-refractivity contribution in [3.05, 3.63) is 41.6 Å². The predicted octanol–water partition coefficient (Wildman–Crippen LogP) is 0.920. The van der Waals surface area contributed by atoms with Gasteiger partial charge in [-0.1, -0.05) is 30.3 Å². The summed E-state index contributed by atoms with van der Waals surface area (Å²) in [5.41, 5.74) is 4.92. The highest BCUT2D eigenvalue weighted by atomic mass is 16.2. The van der Waals surface area contributed by atoms with Crippen molar-refractivity contribution in [3.63, 3.8) is 0 Å². The maximum atomic E-state index is 12.6. The molecule has 0 bridgehead atoms. The minimum Gasteiger partial charge on any atom is -0.339 e. The van der Waals surface area contributed by atoms with Crippen molar-refractivity contribution in [1.29, 1.82) is 0 Å². The third-order valence-electron chi connectivity index (χ3n) is 5.49. The van der Waals surface area contributed by atoms with Crippen molar-refractivity contribution in [2.24, 2.45) is 7.05 Å². The van der Waals surface area contributed by atoms with Gasteiger partial charge in [-0.3, -0.25) is 14.4 Å². The van der Waals surface area contributed by atoms with Crippen LogP contribution in [0.1, 0.15) is 11.3 Å². The summed E-state index contributed by atoms with van der Waals surface area (Å²) in [4.78, 5) is 16.9. The molecule has 1 saturated heterocycles. The largest absolute Gasteiger partial charge is 0.339 e. The molecule has 1 N–H and O–H groups in total. The van der Waals surface area contributed by atoms with Crippen LogP contribution in [0.5, 0.6) is 0 Å². The summed E-state index contributed by atoms with van der Waals surface area (Å²) in [5, 5.41) is 8.08. The second kappa shape index (κ2) is 7.60. The minimum absolute atomic E-state index is 0.263. The Kier molecular flexibility index (Phi) is 5.04. The van der Waals surface area contributed by atoms with E-state index in [2.05, 4.69) is 34.5 Å². The van der Waals surface area contributed by atoms with E-state index in [4.69, 9.17) is 5.10 Å². The van der Waals surface area contributed by atoms with E-state index >= 15 is 0 Å². The molecule has 6 nitrogen and oxygen atoms in total. The first-order valence-electron chi connectivity index (χ1n) is 9.53. The number of aryl methyl sites for hydroxylation is 1. The van der Waals surface area contributed by atoms with E-state index in [-0.39, 0.29) is 5.91 Å². The van der Waals surface area contributed by atoms with Crippen molar-refractivity contribution in [2.75, 3.05) is 45.8 Å². The number of carbonyl (C=O) groups is 1. The Bertz CT molecular complexity index is 764. The van der Waals surface area contributed by atoms with Gasteiger partial charge in [0.2, 0.25) is 5.91 Å². The summed E-state index contributed by atoms with van der Waals surface area (Å²) in [7, 11) is 2.03. The summed E-state index contributed by atoms with van der Waals surface area (Å²) >= 11 is 0. The van der Waals surface area contributed by atoms with Crippen molar-refractivity contribution >= 4 is 5.91 Å². The lowest BCUT2D eigenvalue weighted by molar-refractivity contribution is -0.133. The van der Waals surface area contributed by atoms with Gasteiger partial charge in [-0.25, -0.2) is 0 Å². The molecule has 6 heteroatoms. The van der Waals surface area contributed by atoms with Crippen LogP contribution in [0.2, 0.25) is 0 Å². The standard InChI is InChI=1S/C20H27N5O/c1-23-18-8-12-24(15-19(26)25-13-9-21-10-14-25)11-7-17(18)20(22-23)16-5-3-2-4-6-16/h2-6,21H,7-15H2,1H3. The van der Waals surface area contributed by atoms with Crippen LogP contribution in [-0.4, -0.2) is 71.3 Å². The molecule has 26 heavy (non-hydrogen) atoms. The highest BCUT2D eigenvalue weighted by Gasteiger charge is 2.24. The van der Waals surface area contributed by atoms with Crippen molar-refractivity contribution < 1.29 is 4.79 Å². The van der Waals surface area contributed by atoms with E-state index in [9.17, 15) is 4.79 Å². The van der Waals surface area contributed by atoms with Crippen LogP contribution in [0.3, 0.4) is 0 Å². The van der Waals surface area contributed by atoms with Crippen molar-refractivity contribution in [3.8, 4) is 11.3 Å². The number of carbonyl (C=O) groups excluding carboxylic acids is 1. The average Bonchev–Trinajstić information content (AvgIpc) is 2.86. The first-order valence-corrected chi connectivity index (χ1v) is 9.53. The molecule has 0 atom stereocenters. The SMILES string of the molecule is Cn1nc(-c2ccccc2)c2c1CCN(CC(=O)N1CCNCC1)CC2. The summed E-state index contributed by atoms with van der Waals surface area (Å²) in [5.74, 6) is 0.263. The van der Waals surface area contributed by atoms with Crippen LogP contribution < -0.4 is 5.32 Å². The Morgan fingerprint density at radius 1 is 1.08 bits per heavy atom. The number of nitrogens with zero attached hydrogens (tertiary/aromatic N) is 4. The van der Waals surface area contributed by atoms with Gasteiger partial charge in [0, 0.05) is 69.6 Å². The fourth-order valence-corrected chi connectivity index (χ4v) is 4.02. The number of benzene rings is 1. The van der Waals surface area contributed by atoms with Gasteiger partial charge in [0.1, 0.15) is 0 Å². The monoisotopic (exact) mass is 353 g/mol. The van der Waals surface area contributed by atoms with Crippen LogP contribution >= 0.6 is 0 Å². The van der Waals surface area contributed by atoms with E-state index in [0.717, 1.165) is 57.8 Å². The Balaban J connectivity index is 1.46. The number of aromatic nitrogens is 2. The quantitative estimate of drug-likeness (QED) is 0.892. The topological polar surface area (TPSA) is 53.4 Å². The van der Waals surface area contributed by atoms with Crippen LogP contribution in [0, 0.1) is 0 Å². The first-order chi connectivity index (χ1) is 12.7. The number of amides is 1. The first kappa shape index (κ1) is 17.2. The highest BCUT2D eigenvalue weighted by molar-refractivity contribution is 5.78. The predicted molar refractivity (Wildman–Crippen MR) is 102 cm³/mol. The maximum Gasteiger partial charge on any atom is 0.236 e. The molecule has 2 aromatic rings. The number of hydrogen-bond acceptors (Lipinski definition) is 4. The molecule has 2 aliphatic rings. The van der Waals surface area contributed by atoms with Gasteiger partial charge in [0.25, 0.3) is 0 Å². The van der Waals surface area contributed by atoms with Gasteiger partial charge in [-0.05, 0) is 6.42 Å². The molecule has 1 amide bonds. The molecule has 138 valence electrons. The molecule has 0 saturated carbocycles. The number of fused-ring (bicyclic) bond motifs is 1. The molecule has 0 unspecified atom stereocenters. The minimum atomic E-state index is 0.263. The summed E-state index contributed by atoms with van der Waals surface area (Å²) < 4.78 is 2.03. The van der Waals surface area contributed by atoms with Gasteiger partial charge in [0.05, 0.1) is 12.2 Å². The van der Waals surface area contributed by atoms with Gasteiger partial charge in [-0.2, -0.15) is 5.10 Å². The third kappa shape index (κ3) is 3.52. The Morgan fingerprint density at radius 2 is 1.81 bits per heavy atom. The van der Waals surface area contributed by atoms with Gasteiger partial charge >= 0.3 is 0 Å². The molecule has 3 heterocycles. The van der Waals surface area contributed by atoms with E-state index in [1.54, 1.807) is 0 Å². The zero-order valence-electron chi connectivity index (χ0n) is 15.4. The fraction of sp³-hybridized carbons (Fsp3) is 0.500. The number of nitrogens with one attached hydrogen (secondary N) is 1. The molecule has 2 aliphatic heterocycles. The average molecular weight is 353 g/mol. The number of rotatable bonds is 3. The second-order valence-corrected chi connectivity index (χ2v) is 7.17. The second-order valence-electron chi connectivity index (χ2n) is 7.17. The van der Waals surface area contributed by atoms with Crippen LogP contribution in [0.25, 0.3) is 11.3 Å². The Morgan fingerprint density at radius 3 is 2.58 bits per heavy atom. The lowest BCUT2D eigenvalue weighted by Crippen LogP contribution is -2.49. The molecule has 4 rings (SSSR count). The molecule has 0 spiro atoms. The van der Waals surface area contributed by atoms with E-state index in [1.165, 1.54) is 16.8 Å². The van der Waals surface area contributed by atoms with E-state index in [0.29, 0.717) is 6.54 Å². The third-order valence-corrected chi connectivity index (χ3v) is 5.49. The molecular weight excluding hydrogens is 326 g/mol. The van der Waals surface area contributed by atoms with Gasteiger partial charge < -0.3 is 10.2 Å². The fourth-order valence-electron chi connectivity index (χ4n) is 4.02. The maximum absolute atomic E-state index is 12.6. The smallest absolute Gasteiger partial charge is 0.236 e. The lowest BCUT2D eigenvalue weighted by Gasteiger charge is -2.30. The summed E-state index contributed by atoms with van der Waals surface area (Å²) in [6.45, 7) is 5.83. The molecule has 0 aliphatic carbocycles. The van der Waals surface area contributed by atoms with Crippen LogP contribution in [0.15, 0.2) is 30.3 Å². The molecule has 1 aromatic heterocycles. The van der Waals surface area contributed by atoms with Crippen molar-refractivity contribution in [1.82, 2.24) is 24.9 Å². The lowest BCUT2D eigenvalue weighted by atomic mass is 10.0. The van der Waals surface area contributed by atoms with E-state index in [1.807, 2.05) is 22.7 Å². The van der Waals surface area contributed by atoms with Gasteiger partial charge in [0.15, 0.2) is 0 Å². The van der Waals surface area contributed by atoms with E-state index < -0.39 is 0 Å². The molecule has 0 radical (unpaired) electrons. The van der Waals surface area contributed by atoms with Gasteiger partial charge in [-0.15, -0.1) is 0 Å². The zero-order chi connectivity index (χ0) is 17.9. The molecular formula is C20H27N5O. The number of hydrogen-bond donors (Lipinski definition) is 1. The zero-order valence-corrected chi connectivity index (χ0v) is 15.4. The summed E-state index contributed by atoms with van der Waals surface area (Å²) in [6.07, 6.45) is 1.89. The normalized spacial score (nSPS) is 18.4.